The van der Waals surface area contributed by atoms with Crippen LogP contribution < -0.4 is 21.7 Å². The third-order valence-electron chi connectivity index (χ3n) is 7.72. The number of benzene rings is 2. The van der Waals surface area contributed by atoms with Crippen LogP contribution in [0.15, 0.2) is 36.4 Å². The van der Waals surface area contributed by atoms with Crippen LogP contribution in [-0.2, 0) is 15.1 Å². The maximum absolute atomic E-state index is 15.7. The fourth-order valence-electron chi connectivity index (χ4n) is 5.59. The average Bonchev–Trinajstić information content (AvgIpc) is 3.16. The number of halogens is 4. The minimum Gasteiger partial charge on any atom is -0.394 e. The van der Waals surface area contributed by atoms with Crippen LogP contribution in [0.4, 0.5) is 8.78 Å². The van der Waals surface area contributed by atoms with Crippen LogP contribution in [0.25, 0.3) is 0 Å². The van der Waals surface area contributed by atoms with Gasteiger partial charge in [-0.1, -0.05) is 55.2 Å². The summed E-state index contributed by atoms with van der Waals surface area (Å²) >= 11 is 12.2. The fourth-order valence-corrected chi connectivity index (χ4v) is 5.93. The molecule has 41 heavy (non-hydrogen) atoms. The number of rotatable bonds is 12. The van der Waals surface area contributed by atoms with Gasteiger partial charge in [-0.3, -0.25) is 9.59 Å². The van der Waals surface area contributed by atoms with Gasteiger partial charge in [-0.2, -0.15) is 0 Å². The molecule has 0 spiro atoms. The van der Waals surface area contributed by atoms with Crippen molar-refractivity contribution in [3.8, 4) is 0 Å². The molecule has 3 rings (SSSR count). The molecular weight excluding hydrogens is 577 g/mol. The van der Waals surface area contributed by atoms with Crippen molar-refractivity contribution in [2.75, 3.05) is 19.7 Å². The van der Waals surface area contributed by atoms with Crippen LogP contribution in [0.3, 0.4) is 0 Å². The molecule has 226 valence electrons. The number of carbonyl (C=O) groups excluding carboxylic acids is 2. The summed E-state index contributed by atoms with van der Waals surface area (Å²) in [6, 6.07) is 6.59. The summed E-state index contributed by atoms with van der Waals surface area (Å²) in [7, 11) is 0. The van der Waals surface area contributed by atoms with Gasteiger partial charge in [0.15, 0.2) is 0 Å². The van der Waals surface area contributed by atoms with Crippen molar-refractivity contribution in [1.82, 2.24) is 16.0 Å². The molecule has 2 aromatic rings. The number of hydrogen-bond donors (Lipinski definition) is 6. The van der Waals surface area contributed by atoms with E-state index in [1.165, 1.54) is 37.3 Å². The lowest BCUT2D eigenvalue weighted by molar-refractivity contribution is -0.123. The molecule has 8 nitrogen and oxygen atoms in total. The standard InChI is InChI=1S/C29H38Cl2F2N4O4/c1-16(39)35-12-10-28(2,3)14-23-29(34,20-8-7-17(30)13-22(20)32)24(19-5-4-6-21(31)25(19)33)26(37-23)27(41)36-11-9-18(40)15-38/h4-8,13,18,23-24,26,37-38,40H,9-12,14-15,34H2,1-3H3,(H,35,39)(H,36,41)/t18-,23-,24-,26+,29+/m0/s1. The molecule has 5 atom stereocenters. The maximum atomic E-state index is 15.7. The topological polar surface area (TPSA) is 137 Å². The van der Waals surface area contributed by atoms with Gasteiger partial charge in [-0.05, 0) is 48.4 Å². The van der Waals surface area contributed by atoms with Crippen LogP contribution in [0.2, 0.25) is 10.0 Å². The van der Waals surface area contributed by atoms with E-state index in [0.29, 0.717) is 19.4 Å². The minimum absolute atomic E-state index is 0.0310. The summed E-state index contributed by atoms with van der Waals surface area (Å²) in [5.74, 6) is -3.31. The number of aliphatic hydroxyl groups excluding tert-OH is 2. The number of aliphatic hydroxyl groups is 2. The van der Waals surface area contributed by atoms with E-state index in [1.54, 1.807) is 0 Å². The van der Waals surface area contributed by atoms with Gasteiger partial charge < -0.3 is 31.9 Å². The van der Waals surface area contributed by atoms with Gasteiger partial charge in [0.05, 0.1) is 29.3 Å². The SMILES string of the molecule is CC(=O)NCCC(C)(C)C[C@@H]1N[C@@H](C(=O)NCC[C@H](O)CO)[C@H](c2cccc(Cl)c2F)[C@@]1(N)c1ccc(Cl)cc1F. The lowest BCUT2D eigenvalue weighted by atomic mass is 9.67. The molecule has 7 N–H and O–H groups in total. The molecule has 1 aliphatic heterocycles. The Morgan fingerprint density at radius 3 is 2.51 bits per heavy atom. The summed E-state index contributed by atoms with van der Waals surface area (Å²) in [5, 5.41) is 27.6. The molecule has 1 heterocycles. The molecule has 0 aromatic heterocycles. The molecule has 1 aliphatic rings. The highest BCUT2D eigenvalue weighted by Gasteiger charge is 2.58. The summed E-state index contributed by atoms with van der Waals surface area (Å²) < 4.78 is 31.3. The minimum atomic E-state index is -1.65. The zero-order chi connectivity index (χ0) is 30.5. The van der Waals surface area contributed by atoms with Crippen LogP contribution in [0.1, 0.15) is 57.1 Å². The fraction of sp³-hybridized carbons (Fsp3) is 0.517. The zero-order valence-electron chi connectivity index (χ0n) is 23.3. The van der Waals surface area contributed by atoms with Crippen molar-refractivity contribution < 1.29 is 28.6 Å². The summed E-state index contributed by atoms with van der Waals surface area (Å²) in [4.78, 5) is 25.1. The number of nitrogens with one attached hydrogen (secondary N) is 3. The number of amides is 2. The number of hydrogen-bond acceptors (Lipinski definition) is 6. The Bertz CT molecular complexity index is 1250. The Balaban J connectivity index is 2.14. The molecule has 0 saturated carbocycles. The highest BCUT2D eigenvalue weighted by molar-refractivity contribution is 6.31. The third-order valence-corrected chi connectivity index (χ3v) is 8.25. The van der Waals surface area contributed by atoms with Crippen LogP contribution in [-0.4, -0.2) is 59.9 Å². The zero-order valence-corrected chi connectivity index (χ0v) is 24.8. The van der Waals surface area contributed by atoms with Gasteiger partial charge in [0.25, 0.3) is 0 Å². The predicted octanol–water partition coefficient (Wildman–Crippen LogP) is 3.35. The highest BCUT2D eigenvalue weighted by Crippen LogP contribution is 2.50. The molecule has 0 unspecified atom stereocenters. The van der Waals surface area contributed by atoms with E-state index in [0.717, 1.165) is 6.07 Å². The molecule has 0 bridgehead atoms. The van der Waals surface area contributed by atoms with E-state index in [2.05, 4.69) is 16.0 Å². The number of nitrogens with two attached hydrogens (primary N) is 1. The second-order valence-electron chi connectivity index (χ2n) is 11.4. The Morgan fingerprint density at radius 2 is 1.88 bits per heavy atom. The van der Waals surface area contributed by atoms with Crippen molar-refractivity contribution in [2.45, 2.75) is 69.7 Å². The quantitative estimate of drug-likeness (QED) is 0.217. The Morgan fingerprint density at radius 1 is 1.17 bits per heavy atom. The van der Waals surface area contributed by atoms with Crippen molar-refractivity contribution in [3.05, 3.63) is 69.2 Å². The first kappa shape index (κ1) is 33.2. The van der Waals surface area contributed by atoms with Crippen molar-refractivity contribution in [3.63, 3.8) is 0 Å². The first-order valence-electron chi connectivity index (χ1n) is 13.5. The second-order valence-corrected chi connectivity index (χ2v) is 12.2. The van der Waals surface area contributed by atoms with E-state index in [-0.39, 0.29) is 40.0 Å². The molecule has 12 heteroatoms. The second kappa shape index (κ2) is 13.8. The largest absolute Gasteiger partial charge is 0.394 e. The summed E-state index contributed by atoms with van der Waals surface area (Å²) in [6.07, 6.45) is -0.0565. The molecule has 0 radical (unpaired) electrons. The Hall–Kier alpha value is -2.34. The van der Waals surface area contributed by atoms with Gasteiger partial charge in [0.1, 0.15) is 11.6 Å². The predicted molar refractivity (Wildman–Crippen MR) is 155 cm³/mol. The van der Waals surface area contributed by atoms with Crippen molar-refractivity contribution in [2.24, 2.45) is 11.1 Å². The van der Waals surface area contributed by atoms with E-state index < -0.39 is 59.2 Å². The van der Waals surface area contributed by atoms with E-state index in [1.807, 2.05) is 13.8 Å². The monoisotopic (exact) mass is 614 g/mol. The van der Waals surface area contributed by atoms with E-state index in [4.69, 9.17) is 34.0 Å². The average molecular weight is 616 g/mol. The van der Waals surface area contributed by atoms with E-state index >= 15 is 8.78 Å². The molecule has 1 fully saturated rings. The number of carbonyl (C=O) groups is 2. The Labute approximate surface area is 249 Å². The normalized spacial score (nSPS) is 23.3. The van der Waals surface area contributed by atoms with E-state index in [9.17, 15) is 14.7 Å². The van der Waals surface area contributed by atoms with Gasteiger partial charge in [0, 0.05) is 42.6 Å². The van der Waals surface area contributed by atoms with Crippen molar-refractivity contribution in [1.29, 1.82) is 0 Å². The molecule has 2 amide bonds. The van der Waals surface area contributed by atoms with Crippen LogP contribution >= 0.6 is 23.2 Å². The lowest BCUT2D eigenvalue weighted by Crippen LogP contribution is -2.52. The third kappa shape index (κ3) is 7.74. The van der Waals surface area contributed by atoms with Gasteiger partial charge in [-0.25, -0.2) is 8.78 Å². The smallest absolute Gasteiger partial charge is 0.237 e. The highest BCUT2D eigenvalue weighted by atomic mass is 35.5. The van der Waals surface area contributed by atoms with Crippen molar-refractivity contribution >= 4 is 35.0 Å². The van der Waals surface area contributed by atoms with Crippen LogP contribution in [0.5, 0.6) is 0 Å². The first-order valence-corrected chi connectivity index (χ1v) is 14.2. The van der Waals surface area contributed by atoms with Gasteiger partial charge in [-0.15, -0.1) is 0 Å². The maximum Gasteiger partial charge on any atom is 0.237 e. The summed E-state index contributed by atoms with van der Waals surface area (Å²) in [6.45, 7) is 5.31. The first-order chi connectivity index (χ1) is 19.2. The molecule has 0 aliphatic carbocycles. The molecule has 1 saturated heterocycles. The van der Waals surface area contributed by atoms with Crippen LogP contribution in [0, 0.1) is 17.0 Å². The summed E-state index contributed by atoms with van der Waals surface area (Å²) in [5.41, 5.74) is 5.18. The molecule has 2 aromatic carbocycles. The van der Waals surface area contributed by atoms with Gasteiger partial charge >= 0.3 is 0 Å². The lowest BCUT2D eigenvalue weighted by Gasteiger charge is -2.40. The molecular formula is C29H38Cl2F2N4O4. The Kier molecular flexibility index (Phi) is 11.1. The van der Waals surface area contributed by atoms with Gasteiger partial charge in [0.2, 0.25) is 11.8 Å².